The second-order valence-corrected chi connectivity index (χ2v) is 8.59. The minimum Gasteiger partial charge on any atom is -0.493 e. The first-order chi connectivity index (χ1) is 14.3. The second-order valence-electron chi connectivity index (χ2n) is 7.74. The number of Topliss-reactive ketones (excluding diaryl/α,β-unsaturated/α-hetero) is 3. The number of carbonyl (C=O) groups excluding carboxylic acids is 3. The number of ether oxygens (including phenoxy) is 2. The summed E-state index contributed by atoms with van der Waals surface area (Å²) in [5.74, 6) is -0.699. The van der Waals surface area contributed by atoms with E-state index in [1.165, 1.54) is 14.2 Å². The molecule has 4 rings (SSSR count). The molecule has 0 aliphatic heterocycles. The largest absolute Gasteiger partial charge is 0.493 e. The number of carbonyl (C=O) groups is 3. The topological polar surface area (TPSA) is 69.7 Å². The van der Waals surface area contributed by atoms with Gasteiger partial charge in [-0.3, -0.25) is 14.4 Å². The van der Waals surface area contributed by atoms with Gasteiger partial charge >= 0.3 is 0 Å². The zero-order valence-electron chi connectivity index (χ0n) is 17.0. The zero-order chi connectivity index (χ0) is 21.6. The predicted molar refractivity (Wildman–Crippen MR) is 116 cm³/mol. The lowest BCUT2D eigenvalue weighted by atomic mass is 9.55. The SMILES string of the molecule is COc1cc(Br)c(C(=O)[C@]23CC=C(C)C[C@H]2C(=O)c2ccccc2C3=O)cc1OC. The Morgan fingerprint density at radius 1 is 1.07 bits per heavy atom. The molecule has 30 heavy (non-hydrogen) atoms. The normalized spacial score (nSPS) is 22.7. The average Bonchev–Trinajstić information content (AvgIpc) is 2.76. The van der Waals surface area contributed by atoms with Gasteiger partial charge in [0.1, 0.15) is 5.41 Å². The lowest BCUT2D eigenvalue weighted by molar-refractivity contribution is 0.0459. The first kappa shape index (κ1) is 20.5. The van der Waals surface area contributed by atoms with E-state index in [0.717, 1.165) is 5.57 Å². The molecule has 0 spiro atoms. The highest BCUT2D eigenvalue weighted by atomic mass is 79.9. The van der Waals surface area contributed by atoms with E-state index in [9.17, 15) is 14.4 Å². The van der Waals surface area contributed by atoms with Crippen molar-refractivity contribution in [2.45, 2.75) is 19.8 Å². The van der Waals surface area contributed by atoms with Crippen LogP contribution >= 0.6 is 15.9 Å². The lowest BCUT2D eigenvalue weighted by Gasteiger charge is -2.43. The van der Waals surface area contributed by atoms with Gasteiger partial charge in [0.2, 0.25) is 0 Å². The molecule has 0 radical (unpaired) electrons. The van der Waals surface area contributed by atoms with Gasteiger partial charge in [0.15, 0.2) is 28.8 Å². The fourth-order valence-corrected chi connectivity index (χ4v) is 5.07. The number of hydrogen-bond donors (Lipinski definition) is 0. The molecule has 2 aromatic rings. The highest BCUT2D eigenvalue weighted by molar-refractivity contribution is 9.10. The maximum atomic E-state index is 14.0. The smallest absolute Gasteiger partial charge is 0.179 e. The number of ketones is 3. The Hall–Kier alpha value is -2.73. The summed E-state index contributed by atoms with van der Waals surface area (Å²) in [5, 5.41) is 0. The van der Waals surface area contributed by atoms with Crippen molar-refractivity contribution in [3.8, 4) is 11.5 Å². The summed E-state index contributed by atoms with van der Waals surface area (Å²) in [6, 6.07) is 9.98. The molecule has 2 aliphatic rings. The molecule has 0 saturated heterocycles. The first-order valence-electron chi connectivity index (χ1n) is 9.65. The maximum absolute atomic E-state index is 14.0. The molecule has 5 nitrogen and oxygen atoms in total. The van der Waals surface area contributed by atoms with E-state index < -0.39 is 11.3 Å². The van der Waals surface area contributed by atoms with Crippen molar-refractivity contribution < 1.29 is 23.9 Å². The summed E-state index contributed by atoms with van der Waals surface area (Å²) in [6.45, 7) is 1.93. The Balaban J connectivity index is 1.94. The van der Waals surface area contributed by atoms with Crippen LogP contribution in [0.25, 0.3) is 0 Å². The third-order valence-corrected chi connectivity index (χ3v) is 6.83. The van der Waals surface area contributed by atoms with Gasteiger partial charge in [0.05, 0.1) is 14.2 Å². The van der Waals surface area contributed by atoms with Gasteiger partial charge in [0, 0.05) is 27.1 Å². The minimum absolute atomic E-state index is 0.150. The lowest BCUT2D eigenvalue weighted by Crippen LogP contribution is -2.53. The number of halogens is 1. The summed E-state index contributed by atoms with van der Waals surface area (Å²) in [6.07, 6.45) is 2.49. The molecule has 2 aliphatic carbocycles. The zero-order valence-corrected chi connectivity index (χ0v) is 18.5. The fraction of sp³-hybridized carbons (Fsp3) is 0.292. The van der Waals surface area contributed by atoms with Gasteiger partial charge in [-0.15, -0.1) is 0 Å². The standard InChI is InChI=1S/C24H21BrO5/c1-13-8-9-24(23(28)16-11-19(29-2)20(30-3)12-18(16)25)17(10-13)21(26)14-6-4-5-7-15(14)22(24)27/h4-8,11-12,17H,9-10H2,1-3H3/t17-,24+/m0/s1. The Morgan fingerprint density at radius 2 is 1.70 bits per heavy atom. The number of methoxy groups -OCH3 is 2. The summed E-state index contributed by atoms with van der Waals surface area (Å²) in [5.41, 5.74) is 0.558. The highest BCUT2D eigenvalue weighted by Crippen LogP contribution is 2.51. The molecule has 0 aromatic heterocycles. The molecule has 0 amide bonds. The van der Waals surface area contributed by atoms with Gasteiger partial charge in [-0.05, 0) is 47.8 Å². The molecule has 2 aromatic carbocycles. The fourth-order valence-electron chi connectivity index (χ4n) is 4.57. The molecule has 0 N–H and O–H groups in total. The number of hydrogen-bond acceptors (Lipinski definition) is 5. The maximum Gasteiger partial charge on any atom is 0.179 e. The second kappa shape index (κ2) is 7.51. The van der Waals surface area contributed by atoms with Crippen LogP contribution in [0.4, 0.5) is 0 Å². The quantitative estimate of drug-likeness (QED) is 0.355. The summed E-state index contributed by atoms with van der Waals surface area (Å²) < 4.78 is 11.2. The molecular formula is C24H21BrO5. The van der Waals surface area contributed by atoms with Gasteiger partial charge in [-0.25, -0.2) is 0 Å². The van der Waals surface area contributed by atoms with Crippen LogP contribution < -0.4 is 9.47 Å². The van der Waals surface area contributed by atoms with Crippen molar-refractivity contribution in [1.29, 1.82) is 0 Å². The average molecular weight is 469 g/mol. The number of rotatable bonds is 4. The van der Waals surface area contributed by atoms with Gasteiger partial charge in [-0.1, -0.05) is 35.9 Å². The summed E-state index contributed by atoms with van der Waals surface area (Å²) in [4.78, 5) is 41.1. The number of allylic oxidation sites excluding steroid dienone is 2. The van der Waals surface area contributed by atoms with E-state index in [2.05, 4.69) is 15.9 Å². The molecule has 154 valence electrons. The highest BCUT2D eigenvalue weighted by Gasteiger charge is 2.59. The van der Waals surface area contributed by atoms with E-state index >= 15 is 0 Å². The van der Waals surface area contributed by atoms with E-state index in [-0.39, 0.29) is 23.8 Å². The molecule has 0 fully saturated rings. The van der Waals surface area contributed by atoms with Crippen LogP contribution in [-0.4, -0.2) is 31.6 Å². The van der Waals surface area contributed by atoms with Crippen LogP contribution in [0.5, 0.6) is 11.5 Å². The number of benzene rings is 2. The van der Waals surface area contributed by atoms with Gasteiger partial charge in [0.25, 0.3) is 0 Å². The Kier molecular flexibility index (Phi) is 5.14. The van der Waals surface area contributed by atoms with Crippen molar-refractivity contribution in [2.24, 2.45) is 11.3 Å². The third kappa shape index (κ3) is 2.85. The molecule has 0 saturated carbocycles. The molecule has 0 bridgehead atoms. The van der Waals surface area contributed by atoms with Gasteiger partial charge < -0.3 is 9.47 Å². The van der Waals surface area contributed by atoms with Crippen LogP contribution in [-0.2, 0) is 0 Å². The molecule has 0 unspecified atom stereocenters. The Morgan fingerprint density at radius 3 is 2.37 bits per heavy atom. The van der Waals surface area contributed by atoms with Crippen LogP contribution in [0.1, 0.15) is 50.8 Å². The number of fused-ring (bicyclic) bond motifs is 2. The molecule has 6 heteroatoms. The van der Waals surface area contributed by atoms with E-state index in [1.54, 1.807) is 36.4 Å². The van der Waals surface area contributed by atoms with Crippen molar-refractivity contribution in [2.75, 3.05) is 14.2 Å². The molecule has 0 heterocycles. The van der Waals surface area contributed by atoms with E-state index in [0.29, 0.717) is 39.1 Å². The van der Waals surface area contributed by atoms with Crippen molar-refractivity contribution in [3.63, 3.8) is 0 Å². The monoisotopic (exact) mass is 468 g/mol. The Bertz CT molecular complexity index is 1120. The molecular weight excluding hydrogens is 448 g/mol. The van der Waals surface area contributed by atoms with Crippen molar-refractivity contribution in [1.82, 2.24) is 0 Å². The van der Waals surface area contributed by atoms with Crippen LogP contribution in [0, 0.1) is 11.3 Å². The minimum atomic E-state index is -1.47. The third-order valence-electron chi connectivity index (χ3n) is 6.18. The van der Waals surface area contributed by atoms with Crippen LogP contribution in [0.3, 0.4) is 0 Å². The van der Waals surface area contributed by atoms with E-state index in [4.69, 9.17) is 9.47 Å². The van der Waals surface area contributed by atoms with E-state index in [1.807, 2.05) is 13.0 Å². The summed E-state index contributed by atoms with van der Waals surface area (Å²) >= 11 is 3.44. The predicted octanol–water partition coefficient (Wildman–Crippen LogP) is 5.07. The molecule has 2 atom stereocenters. The van der Waals surface area contributed by atoms with Crippen LogP contribution in [0.15, 0.2) is 52.5 Å². The first-order valence-corrected chi connectivity index (χ1v) is 10.4. The van der Waals surface area contributed by atoms with Crippen molar-refractivity contribution in [3.05, 3.63) is 69.2 Å². The van der Waals surface area contributed by atoms with Gasteiger partial charge in [-0.2, -0.15) is 0 Å². The summed E-state index contributed by atoms with van der Waals surface area (Å²) in [7, 11) is 2.99. The van der Waals surface area contributed by atoms with Crippen LogP contribution in [0.2, 0.25) is 0 Å². The Labute approximate surface area is 183 Å². The van der Waals surface area contributed by atoms with Crippen molar-refractivity contribution >= 4 is 33.3 Å².